The molecule has 0 aliphatic carbocycles. The van der Waals surface area contributed by atoms with Gasteiger partial charge >= 0.3 is 0 Å². The molecule has 2 fully saturated rings. The number of likely N-dealkylation sites (tertiary alicyclic amines) is 1. The second-order valence-electron chi connectivity index (χ2n) is 6.14. The molecule has 2 heterocycles. The van der Waals surface area contributed by atoms with E-state index in [1.54, 1.807) is 0 Å². The van der Waals surface area contributed by atoms with Crippen LogP contribution < -0.4 is 5.32 Å². The highest BCUT2D eigenvalue weighted by Crippen LogP contribution is 2.31. The molecule has 0 amide bonds. The smallest absolute Gasteiger partial charge is 0.0702 e. The molecule has 1 atom stereocenters. The van der Waals surface area contributed by atoms with E-state index in [4.69, 9.17) is 9.47 Å². The van der Waals surface area contributed by atoms with E-state index in [0.717, 1.165) is 32.8 Å². The number of hydrogen-bond acceptors (Lipinski definition) is 4. The maximum absolute atomic E-state index is 5.81. The zero-order valence-corrected chi connectivity index (χ0v) is 12.6. The zero-order chi connectivity index (χ0) is 13.6. The van der Waals surface area contributed by atoms with Crippen LogP contribution in [0.3, 0.4) is 0 Å². The SMILES string of the molecule is CCOC1CCCN(CC2(COC)CCNCC2)C1. The van der Waals surface area contributed by atoms with Crippen molar-refractivity contribution in [2.75, 3.05) is 53.0 Å². The first-order chi connectivity index (χ1) is 9.28. The Bertz CT molecular complexity index is 247. The average Bonchev–Trinajstić information content (AvgIpc) is 2.41. The van der Waals surface area contributed by atoms with Gasteiger partial charge in [0.15, 0.2) is 0 Å². The third-order valence-electron chi connectivity index (χ3n) is 4.54. The van der Waals surface area contributed by atoms with Gasteiger partial charge in [0.25, 0.3) is 0 Å². The Kier molecular flexibility index (Phi) is 6.07. The minimum Gasteiger partial charge on any atom is -0.384 e. The van der Waals surface area contributed by atoms with Crippen LogP contribution in [0.4, 0.5) is 0 Å². The summed E-state index contributed by atoms with van der Waals surface area (Å²) in [6.07, 6.45) is 5.41. The number of nitrogens with zero attached hydrogens (tertiary/aromatic N) is 1. The van der Waals surface area contributed by atoms with E-state index in [-0.39, 0.29) is 0 Å². The summed E-state index contributed by atoms with van der Waals surface area (Å²) in [5.41, 5.74) is 0.355. The van der Waals surface area contributed by atoms with Crippen LogP contribution in [-0.4, -0.2) is 64.1 Å². The van der Waals surface area contributed by atoms with Gasteiger partial charge in [-0.15, -0.1) is 0 Å². The highest BCUT2D eigenvalue weighted by molar-refractivity contribution is 4.89. The lowest BCUT2D eigenvalue weighted by molar-refractivity contribution is -0.0274. The van der Waals surface area contributed by atoms with Gasteiger partial charge in [-0.2, -0.15) is 0 Å². The van der Waals surface area contributed by atoms with Gasteiger partial charge in [0.2, 0.25) is 0 Å². The van der Waals surface area contributed by atoms with Gasteiger partial charge in [-0.3, -0.25) is 0 Å². The average molecular weight is 270 g/mol. The molecule has 2 aliphatic rings. The van der Waals surface area contributed by atoms with Gasteiger partial charge in [-0.25, -0.2) is 0 Å². The molecule has 0 spiro atoms. The summed E-state index contributed by atoms with van der Waals surface area (Å²) in [5, 5.41) is 3.47. The molecule has 1 N–H and O–H groups in total. The van der Waals surface area contributed by atoms with Crippen molar-refractivity contribution in [1.29, 1.82) is 0 Å². The predicted molar refractivity (Wildman–Crippen MR) is 77.5 cm³/mol. The summed E-state index contributed by atoms with van der Waals surface area (Å²) in [4.78, 5) is 2.61. The van der Waals surface area contributed by atoms with Crippen LogP contribution in [0.15, 0.2) is 0 Å². The summed E-state index contributed by atoms with van der Waals surface area (Å²) in [7, 11) is 1.84. The number of rotatable bonds is 6. The lowest BCUT2D eigenvalue weighted by Gasteiger charge is -2.43. The van der Waals surface area contributed by atoms with E-state index in [1.165, 1.54) is 38.8 Å². The topological polar surface area (TPSA) is 33.7 Å². The summed E-state index contributed by atoms with van der Waals surface area (Å²) in [6.45, 7) is 9.59. The minimum atomic E-state index is 0.355. The largest absolute Gasteiger partial charge is 0.384 e. The molecule has 4 nitrogen and oxygen atoms in total. The highest BCUT2D eigenvalue weighted by atomic mass is 16.5. The Hall–Kier alpha value is -0.160. The Morgan fingerprint density at radius 2 is 2.11 bits per heavy atom. The summed E-state index contributed by atoms with van der Waals surface area (Å²) in [6, 6.07) is 0. The monoisotopic (exact) mass is 270 g/mol. The molecular weight excluding hydrogens is 240 g/mol. The Morgan fingerprint density at radius 3 is 2.79 bits per heavy atom. The molecule has 4 heteroatoms. The zero-order valence-electron chi connectivity index (χ0n) is 12.6. The van der Waals surface area contributed by atoms with Gasteiger partial charge in [-0.05, 0) is 52.2 Å². The van der Waals surface area contributed by atoms with Crippen molar-refractivity contribution in [2.45, 2.75) is 38.7 Å². The van der Waals surface area contributed by atoms with E-state index >= 15 is 0 Å². The minimum absolute atomic E-state index is 0.355. The summed E-state index contributed by atoms with van der Waals surface area (Å²) in [5.74, 6) is 0. The standard InChI is InChI=1S/C15H30N2O2/c1-3-19-14-5-4-10-17(11-14)12-15(13-18-2)6-8-16-9-7-15/h14,16H,3-13H2,1-2H3. The number of ether oxygens (including phenoxy) is 2. The normalized spacial score (nSPS) is 28.4. The fraction of sp³-hybridized carbons (Fsp3) is 1.00. The van der Waals surface area contributed by atoms with Crippen molar-refractivity contribution in [3.63, 3.8) is 0 Å². The number of hydrogen-bond donors (Lipinski definition) is 1. The maximum atomic E-state index is 5.81. The van der Waals surface area contributed by atoms with Gasteiger partial charge in [-0.1, -0.05) is 0 Å². The molecule has 0 aromatic carbocycles. The van der Waals surface area contributed by atoms with Crippen molar-refractivity contribution in [3.8, 4) is 0 Å². The first-order valence-electron chi connectivity index (χ1n) is 7.81. The van der Waals surface area contributed by atoms with Crippen LogP contribution in [0.2, 0.25) is 0 Å². The molecule has 2 aliphatic heterocycles. The Labute approximate surface area is 117 Å². The third kappa shape index (κ3) is 4.42. The van der Waals surface area contributed by atoms with E-state index in [9.17, 15) is 0 Å². The molecule has 112 valence electrons. The summed E-state index contributed by atoms with van der Waals surface area (Å²) < 4.78 is 11.3. The van der Waals surface area contributed by atoms with Crippen molar-refractivity contribution >= 4 is 0 Å². The van der Waals surface area contributed by atoms with Crippen LogP contribution in [0.1, 0.15) is 32.6 Å². The van der Waals surface area contributed by atoms with E-state index in [0.29, 0.717) is 11.5 Å². The Morgan fingerprint density at radius 1 is 1.32 bits per heavy atom. The van der Waals surface area contributed by atoms with Crippen LogP contribution >= 0.6 is 0 Å². The number of nitrogens with one attached hydrogen (secondary N) is 1. The van der Waals surface area contributed by atoms with Crippen molar-refractivity contribution < 1.29 is 9.47 Å². The molecule has 0 radical (unpaired) electrons. The van der Waals surface area contributed by atoms with E-state index < -0.39 is 0 Å². The molecule has 0 saturated carbocycles. The number of piperidine rings is 2. The van der Waals surface area contributed by atoms with Gasteiger partial charge < -0.3 is 19.7 Å². The lowest BCUT2D eigenvalue weighted by atomic mass is 9.78. The van der Waals surface area contributed by atoms with Crippen molar-refractivity contribution in [1.82, 2.24) is 10.2 Å². The quantitative estimate of drug-likeness (QED) is 0.793. The van der Waals surface area contributed by atoms with Crippen molar-refractivity contribution in [3.05, 3.63) is 0 Å². The molecule has 1 unspecified atom stereocenters. The first kappa shape index (κ1) is 15.2. The molecule has 0 aromatic rings. The van der Waals surface area contributed by atoms with Gasteiger partial charge in [0.05, 0.1) is 12.7 Å². The fourth-order valence-corrected chi connectivity index (χ4v) is 3.61. The fourth-order valence-electron chi connectivity index (χ4n) is 3.61. The van der Waals surface area contributed by atoms with Gasteiger partial charge in [0.1, 0.15) is 0 Å². The second kappa shape index (κ2) is 7.58. The predicted octanol–water partition coefficient (Wildman–Crippen LogP) is 1.50. The molecule has 19 heavy (non-hydrogen) atoms. The van der Waals surface area contributed by atoms with Crippen molar-refractivity contribution in [2.24, 2.45) is 5.41 Å². The van der Waals surface area contributed by atoms with E-state index in [1.807, 2.05) is 7.11 Å². The second-order valence-corrected chi connectivity index (χ2v) is 6.14. The molecular formula is C15H30N2O2. The third-order valence-corrected chi connectivity index (χ3v) is 4.54. The highest BCUT2D eigenvalue weighted by Gasteiger charge is 2.35. The van der Waals surface area contributed by atoms with Crippen LogP contribution in [0.25, 0.3) is 0 Å². The molecule has 0 bridgehead atoms. The van der Waals surface area contributed by atoms with E-state index in [2.05, 4.69) is 17.1 Å². The maximum Gasteiger partial charge on any atom is 0.0702 e. The van der Waals surface area contributed by atoms with Crippen LogP contribution in [0, 0.1) is 5.41 Å². The summed E-state index contributed by atoms with van der Waals surface area (Å²) >= 11 is 0. The van der Waals surface area contributed by atoms with Gasteiger partial charge in [0, 0.05) is 32.2 Å². The number of methoxy groups -OCH3 is 1. The lowest BCUT2D eigenvalue weighted by Crippen LogP contribution is -2.50. The van der Waals surface area contributed by atoms with Crippen LogP contribution in [0.5, 0.6) is 0 Å². The molecule has 2 saturated heterocycles. The molecule has 0 aromatic heterocycles. The van der Waals surface area contributed by atoms with Crippen LogP contribution in [-0.2, 0) is 9.47 Å². The first-order valence-corrected chi connectivity index (χ1v) is 7.81. The Balaban J connectivity index is 1.88. The molecule has 2 rings (SSSR count).